The number of carbonyl (C=O) groups is 1. The molecule has 0 aromatic carbocycles. The van der Waals surface area contributed by atoms with Gasteiger partial charge in [-0.25, -0.2) is 0 Å². The maximum Gasteiger partial charge on any atom is 0.220 e. The van der Waals surface area contributed by atoms with Crippen molar-refractivity contribution in [2.75, 3.05) is 26.2 Å². The second-order valence-electron chi connectivity index (χ2n) is 7.19. The molecular formula is C18H31Cl2N3OS. The van der Waals surface area contributed by atoms with Crippen LogP contribution < -0.4 is 11.1 Å². The first kappa shape index (κ1) is 22.7. The van der Waals surface area contributed by atoms with E-state index < -0.39 is 0 Å². The number of fused-ring (bicyclic) bond motifs is 1. The van der Waals surface area contributed by atoms with Crippen LogP contribution >= 0.6 is 36.2 Å². The van der Waals surface area contributed by atoms with Gasteiger partial charge < -0.3 is 11.1 Å². The summed E-state index contributed by atoms with van der Waals surface area (Å²) in [7, 11) is 0. The van der Waals surface area contributed by atoms with Crippen LogP contribution in [0.5, 0.6) is 0 Å². The van der Waals surface area contributed by atoms with E-state index in [2.05, 4.69) is 21.7 Å². The van der Waals surface area contributed by atoms with E-state index >= 15 is 0 Å². The third-order valence-electron chi connectivity index (χ3n) is 5.52. The molecule has 0 saturated heterocycles. The van der Waals surface area contributed by atoms with Gasteiger partial charge >= 0.3 is 0 Å². The number of halogens is 2. The molecule has 1 aromatic rings. The van der Waals surface area contributed by atoms with Crippen molar-refractivity contribution in [3.05, 3.63) is 21.9 Å². The number of carbonyl (C=O) groups excluding carboxylic acids is 1. The molecule has 1 aliphatic carbocycles. The first-order valence-electron chi connectivity index (χ1n) is 8.95. The van der Waals surface area contributed by atoms with Crippen molar-refractivity contribution in [3.63, 3.8) is 0 Å². The molecular weight excluding hydrogens is 377 g/mol. The molecule has 2 heterocycles. The van der Waals surface area contributed by atoms with E-state index in [4.69, 9.17) is 5.73 Å². The van der Waals surface area contributed by atoms with Crippen LogP contribution in [0.25, 0.3) is 0 Å². The monoisotopic (exact) mass is 407 g/mol. The fraction of sp³-hybridized carbons (Fsp3) is 0.722. The van der Waals surface area contributed by atoms with Crippen molar-refractivity contribution in [3.8, 4) is 0 Å². The molecule has 25 heavy (non-hydrogen) atoms. The molecule has 0 atom stereocenters. The van der Waals surface area contributed by atoms with Crippen molar-refractivity contribution in [1.29, 1.82) is 0 Å². The van der Waals surface area contributed by atoms with Crippen LogP contribution in [0.1, 0.15) is 49.0 Å². The number of amides is 1. The molecule has 1 saturated carbocycles. The summed E-state index contributed by atoms with van der Waals surface area (Å²) in [5.41, 5.74) is 7.52. The Bertz CT molecular complexity index is 532. The summed E-state index contributed by atoms with van der Waals surface area (Å²) in [4.78, 5) is 16.3. The van der Waals surface area contributed by atoms with Gasteiger partial charge in [-0.15, -0.1) is 36.2 Å². The van der Waals surface area contributed by atoms with Gasteiger partial charge in [0.25, 0.3) is 0 Å². The van der Waals surface area contributed by atoms with Crippen LogP contribution in [0.2, 0.25) is 0 Å². The van der Waals surface area contributed by atoms with Gasteiger partial charge in [0.1, 0.15) is 0 Å². The second-order valence-corrected chi connectivity index (χ2v) is 8.19. The van der Waals surface area contributed by atoms with Gasteiger partial charge in [-0.1, -0.05) is 19.3 Å². The lowest BCUT2D eigenvalue weighted by Crippen LogP contribution is -2.41. The topological polar surface area (TPSA) is 58.4 Å². The van der Waals surface area contributed by atoms with Crippen LogP contribution in [-0.4, -0.2) is 37.0 Å². The fourth-order valence-corrected chi connectivity index (χ4v) is 4.90. The van der Waals surface area contributed by atoms with Gasteiger partial charge in [0.2, 0.25) is 5.91 Å². The predicted octanol–water partition coefficient (Wildman–Crippen LogP) is 3.37. The third-order valence-corrected chi connectivity index (χ3v) is 6.54. The average molecular weight is 408 g/mol. The van der Waals surface area contributed by atoms with Crippen LogP contribution in [0.4, 0.5) is 0 Å². The van der Waals surface area contributed by atoms with Crippen LogP contribution in [-0.2, 0) is 17.8 Å². The molecule has 3 rings (SSSR count). The molecule has 1 amide bonds. The zero-order chi connectivity index (χ0) is 16.1. The molecule has 0 unspecified atom stereocenters. The van der Waals surface area contributed by atoms with Gasteiger partial charge in [-0.05, 0) is 48.2 Å². The lowest BCUT2D eigenvalue weighted by Gasteiger charge is -2.35. The minimum absolute atomic E-state index is 0. The standard InChI is InChI=1S/C18H29N3OS.2ClH/c19-14-18(6-2-1-3-7-18)12-17(22)20-8-10-21-9-4-16-15(13-21)5-11-23-16;;/h5,11H,1-4,6-10,12-14,19H2,(H,20,22);2*1H. The highest BCUT2D eigenvalue weighted by Gasteiger charge is 2.32. The van der Waals surface area contributed by atoms with Crippen molar-refractivity contribution in [1.82, 2.24) is 10.2 Å². The smallest absolute Gasteiger partial charge is 0.220 e. The zero-order valence-corrected chi connectivity index (χ0v) is 17.2. The Morgan fingerprint density at radius 3 is 2.76 bits per heavy atom. The van der Waals surface area contributed by atoms with Gasteiger partial charge in [-0.3, -0.25) is 9.69 Å². The molecule has 144 valence electrons. The molecule has 0 spiro atoms. The number of hydrogen-bond donors (Lipinski definition) is 2. The summed E-state index contributed by atoms with van der Waals surface area (Å²) in [6, 6.07) is 2.23. The Morgan fingerprint density at radius 1 is 1.28 bits per heavy atom. The lowest BCUT2D eigenvalue weighted by atomic mass is 9.71. The summed E-state index contributed by atoms with van der Waals surface area (Å²) in [5, 5.41) is 5.31. The molecule has 1 aliphatic heterocycles. The van der Waals surface area contributed by atoms with Crippen molar-refractivity contribution in [2.24, 2.45) is 11.1 Å². The summed E-state index contributed by atoms with van der Waals surface area (Å²) < 4.78 is 0. The summed E-state index contributed by atoms with van der Waals surface area (Å²) >= 11 is 1.87. The van der Waals surface area contributed by atoms with E-state index in [1.54, 1.807) is 0 Å². The predicted molar refractivity (Wildman–Crippen MR) is 110 cm³/mol. The first-order chi connectivity index (χ1) is 11.2. The Labute approximate surface area is 167 Å². The van der Waals surface area contributed by atoms with Crippen molar-refractivity contribution >= 4 is 42.1 Å². The number of nitrogens with two attached hydrogens (primary N) is 1. The van der Waals surface area contributed by atoms with Crippen LogP contribution in [0.3, 0.4) is 0 Å². The number of nitrogens with zero attached hydrogens (tertiary/aromatic N) is 1. The SMILES string of the molecule is Cl.Cl.NCC1(CC(=O)NCCN2CCc3sccc3C2)CCCCC1. The Morgan fingerprint density at radius 2 is 2.04 bits per heavy atom. The number of hydrogen-bond acceptors (Lipinski definition) is 4. The number of nitrogens with one attached hydrogen (secondary N) is 1. The van der Waals surface area contributed by atoms with E-state index in [0.717, 1.165) is 45.4 Å². The highest BCUT2D eigenvalue weighted by molar-refractivity contribution is 7.10. The normalized spacial score (nSPS) is 19.2. The maximum absolute atomic E-state index is 12.3. The molecule has 1 aromatic heterocycles. The maximum atomic E-state index is 12.3. The molecule has 7 heteroatoms. The second kappa shape index (κ2) is 10.7. The molecule has 0 bridgehead atoms. The first-order valence-corrected chi connectivity index (χ1v) is 9.83. The largest absolute Gasteiger partial charge is 0.355 e. The summed E-state index contributed by atoms with van der Waals surface area (Å²) in [6.45, 7) is 4.47. The minimum Gasteiger partial charge on any atom is -0.355 e. The Kier molecular flexibility index (Phi) is 9.75. The highest BCUT2D eigenvalue weighted by Crippen LogP contribution is 2.38. The molecule has 4 nitrogen and oxygen atoms in total. The molecule has 3 N–H and O–H groups in total. The zero-order valence-electron chi connectivity index (χ0n) is 14.8. The summed E-state index contributed by atoms with van der Waals surface area (Å²) in [5.74, 6) is 0.186. The van der Waals surface area contributed by atoms with Gasteiger partial charge in [0, 0.05) is 37.5 Å². The molecule has 1 fully saturated rings. The van der Waals surface area contributed by atoms with Crippen LogP contribution in [0.15, 0.2) is 11.4 Å². The fourth-order valence-electron chi connectivity index (χ4n) is 4.01. The minimum atomic E-state index is 0. The van der Waals surface area contributed by atoms with E-state index in [9.17, 15) is 4.79 Å². The Hall–Kier alpha value is -0.330. The number of thiophene rings is 1. The molecule has 2 aliphatic rings. The highest BCUT2D eigenvalue weighted by atomic mass is 35.5. The van der Waals surface area contributed by atoms with E-state index in [0.29, 0.717) is 13.0 Å². The van der Waals surface area contributed by atoms with Crippen LogP contribution in [0, 0.1) is 5.41 Å². The van der Waals surface area contributed by atoms with E-state index in [1.807, 2.05) is 11.3 Å². The quantitative estimate of drug-likeness (QED) is 0.759. The number of rotatable bonds is 6. The van der Waals surface area contributed by atoms with E-state index in [1.165, 1.54) is 29.7 Å². The molecule has 0 radical (unpaired) electrons. The van der Waals surface area contributed by atoms with E-state index in [-0.39, 0.29) is 36.1 Å². The Balaban J connectivity index is 0.00000156. The van der Waals surface area contributed by atoms with Gasteiger partial charge in [-0.2, -0.15) is 0 Å². The van der Waals surface area contributed by atoms with Crippen molar-refractivity contribution < 1.29 is 4.79 Å². The summed E-state index contributed by atoms with van der Waals surface area (Å²) in [6.07, 6.45) is 7.73. The van der Waals surface area contributed by atoms with Gasteiger partial charge in [0.15, 0.2) is 0 Å². The lowest BCUT2D eigenvalue weighted by molar-refractivity contribution is -0.123. The average Bonchev–Trinajstić information content (AvgIpc) is 3.03. The van der Waals surface area contributed by atoms with Crippen molar-refractivity contribution in [2.45, 2.75) is 51.5 Å². The van der Waals surface area contributed by atoms with Gasteiger partial charge in [0.05, 0.1) is 0 Å². The third kappa shape index (κ3) is 6.10.